The van der Waals surface area contributed by atoms with Crippen LogP contribution < -0.4 is 10.2 Å². The molecule has 0 bridgehead atoms. The molecule has 4 rings (SSSR count). The van der Waals surface area contributed by atoms with Gasteiger partial charge in [0.2, 0.25) is 11.8 Å². The largest absolute Gasteiger partial charge is 0.322 e. The van der Waals surface area contributed by atoms with Gasteiger partial charge in [0.1, 0.15) is 0 Å². The number of nitrogens with zero attached hydrogens (tertiary/aromatic N) is 1. The number of allylic oxidation sites excluding steroid dienone is 2. The van der Waals surface area contributed by atoms with Crippen LogP contribution >= 0.6 is 11.6 Å². The number of rotatable bonds is 3. The highest BCUT2D eigenvalue weighted by Crippen LogP contribution is 2.39. The molecule has 2 aromatic carbocycles. The maximum Gasteiger partial charge on any atom is 0.257 e. The molecule has 1 aliphatic carbocycles. The van der Waals surface area contributed by atoms with Crippen molar-refractivity contribution in [1.29, 1.82) is 0 Å². The number of anilines is 2. The van der Waals surface area contributed by atoms with E-state index in [9.17, 15) is 14.4 Å². The van der Waals surface area contributed by atoms with Crippen LogP contribution in [0.4, 0.5) is 11.4 Å². The molecule has 1 aliphatic heterocycles. The first-order valence-corrected chi connectivity index (χ1v) is 9.55. The number of imide groups is 1. The lowest BCUT2D eigenvalue weighted by Crippen LogP contribution is -2.33. The topological polar surface area (TPSA) is 66.5 Å². The predicted molar refractivity (Wildman–Crippen MR) is 108 cm³/mol. The van der Waals surface area contributed by atoms with Gasteiger partial charge >= 0.3 is 0 Å². The van der Waals surface area contributed by atoms with Gasteiger partial charge in [-0.15, -0.1) is 0 Å². The lowest BCUT2D eigenvalue weighted by atomic mass is 9.85. The summed E-state index contributed by atoms with van der Waals surface area (Å²) >= 11 is 6.13. The summed E-state index contributed by atoms with van der Waals surface area (Å²) in [6.07, 6.45) is 5.00. The van der Waals surface area contributed by atoms with Gasteiger partial charge in [-0.25, -0.2) is 4.90 Å². The van der Waals surface area contributed by atoms with Gasteiger partial charge in [0.25, 0.3) is 5.91 Å². The summed E-state index contributed by atoms with van der Waals surface area (Å²) in [7, 11) is 0. The fourth-order valence-electron chi connectivity index (χ4n) is 3.83. The molecule has 1 saturated heterocycles. The van der Waals surface area contributed by atoms with E-state index in [2.05, 4.69) is 5.32 Å². The van der Waals surface area contributed by atoms with Crippen molar-refractivity contribution in [3.8, 4) is 0 Å². The molecule has 0 radical (unpaired) electrons. The first kappa shape index (κ1) is 18.4. The van der Waals surface area contributed by atoms with E-state index in [4.69, 9.17) is 11.6 Å². The second-order valence-corrected chi connectivity index (χ2v) is 7.46. The molecule has 28 heavy (non-hydrogen) atoms. The Labute approximate surface area is 168 Å². The average molecular weight is 395 g/mol. The van der Waals surface area contributed by atoms with E-state index in [1.807, 2.05) is 19.1 Å². The summed E-state index contributed by atoms with van der Waals surface area (Å²) in [6.45, 7) is 1.81. The molecule has 0 spiro atoms. The predicted octanol–water partition coefficient (Wildman–Crippen LogP) is 4.36. The lowest BCUT2D eigenvalue weighted by Gasteiger charge is -2.19. The van der Waals surface area contributed by atoms with Crippen LogP contribution in [-0.2, 0) is 9.59 Å². The number of carbonyl (C=O) groups is 3. The monoisotopic (exact) mass is 394 g/mol. The summed E-state index contributed by atoms with van der Waals surface area (Å²) in [4.78, 5) is 40.0. The minimum Gasteiger partial charge on any atom is -0.322 e. The fourth-order valence-corrected chi connectivity index (χ4v) is 4.01. The number of para-hydroxylation sites is 1. The molecular formula is C22H19ClN2O3. The van der Waals surface area contributed by atoms with Crippen LogP contribution in [-0.4, -0.2) is 17.7 Å². The maximum atomic E-state index is 13.0. The third-order valence-electron chi connectivity index (χ3n) is 5.41. The van der Waals surface area contributed by atoms with Gasteiger partial charge < -0.3 is 5.32 Å². The van der Waals surface area contributed by atoms with Crippen LogP contribution in [0, 0.1) is 18.8 Å². The van der Waals surface area contributed by atoms with Gasteiger partial charge in [0.05, 0.1) is 23.1 Å². The standard InChI is InChI=1S/C22H19ClN2O3/c1-13-17(23)10-6-11-18(13)24-20(26)16-9-4-5-12-19(16)25-21(27)14-7-2-3-8-15(14)22(25)28/h2-6,9-12,14-15H,7-8H2,1H3,(H,24,26)/t14-,15+. The molecule has 1 heterocycles. The van der Waals surface area contributed by atoms with Crippen molar-refractivity contribution in [2.45, 2.75) is 19.8 Å². The number of benzene rings is 2. The molecule has 5 nitrogen and oxygen atoms in total. The minimum absolute atomic E-state index is 0.237. The van der Waals surface area contributed by atoms with Gasteiger partial charge in [-0.2, -0.15) is 0 Å². The third kappa shape index (κ3) is 3.02. The van der Waals surface area contributed by atoms with E-state index in [0.717, 1.165) is 5.56 Å². The molecule has 2 atom stereocenters. The molecule has 0 unspecified atom stereocenters. The van der Waals surface area contributed by atoms with Crippen molar-refractivity contribution in [3.63, 3.8) is 0 Å². The lowest BCUT2D eigenvalue weighted by molar-refractivity contribution is -0.122. The molecule has 142 valence electrons. The minimum atomic E-state index is -0.394. The van der Waals surface area contributed by atoms with Gasteiger partial charge in [-0.3, -0.25) is 14.4 Å². The van der Waals surface area contributed by atoms with Gasteiger partial charge in [-0.05, 0) is 49.6 Å². The highest BCUT2D eigenvalue weighted by atomic mass is 35.5. The Morgan fingerprint density at radius 3 is 2.32 bits per heavy atom. The number of amides is 3. The molecule has 6 heteroatoms. The Kier molecular flexibility index (Phi) is 4.77. The zero-order chi connectivity index (χ0) is 19.8. The second kappa shape index (κ2) is 7.24. The van der Waals surface area contributed by atoms with Crippen LogP contribution in [0.5, 0.6) is 0 Å². The Balaban J connectivity index is 1.68. The van der Waals surface area contributed by atoms with E-state index in [1.54, 1.807) is 42.5 Å². The molecule has 0 saturated carbocycles. The van der Waals surface area contributed by atoms with Gasteiger partial charge in [0, 0.05) is 10.7 Å². The van der Waals surface area contributed by atoms with Crippen molar-refractivity contribution >= 4 is 40.7 Å². The number of carbonyl (C=O) groups excluding carboxylic acids is 3. The van der Waals surface area contributed by atoms with Crippen molar-refractivity contribution in [1.82, 2.24) is 0 Å². The smallest absolute Gasteiger partial charge is 0.257 e. The molecule has 1 fully saturated rings. The number of hydrogen-bond acceptors (Lipinski definition) is 3. The molecule has 3 amide bonds. The normalized spacial score (nSPS) is 21.0. The molecular weight excluding hydrogens is 376 g/mol. The zero-order valence-corrected chi connectivity index (χ0v) is 16.1. The van der Waals surface area contributed by atoms with Gasteiger partial charge in [0.15, 0.2) is 0 Å². The van der Waals surface area contributed by atoms with E-state index in [-0.39, 0.29) is 29.2 Å². The highest BCUT2D eigenvalue weighted by Gasteiger charge is 2.48. The number of hydrogen-bond donors (Lipinski definition) is 1. The molecule has 2 aliphatic rings. The highest BCUT2D eigenvalue weighted by molar-refractivity contribution is 6.32. The van der Waals surface area contributed by atoms with Crippen molar-refractivity contribution in [2.75, 3.05) is 10.2 Å². The Morgan fingerprint density at radius 1 is 1.00 bits per heavy atom. The van der Waals surface area contributed by atoms with Crippen LogP contribution in [0.25, 0.3) is 0 Å². The Hall–Kier alpha value is -2.92. The first-order chi connectivity index (χ1) is 13.5. The van der Waals surface area contributed by atoms with E-state index >= 15 is 0 Å². The van der Waals surface area contributed by atoms with Crippen LogP contribution in [0.1, 0.15) is 28.8 Å². The number of nitrogens with one attached hydrogen (secondary N) is 1. The van der Waals surface area contributed by atoms with E-state index in [1.165, 1.54) is 4.90 Å². The summed E-state index contributed by atoms with van der Waals surface area (Å²) in [5.41, 5.74) is 1.93. The summed E-state index contributed by atoms with van der Waals surface area (Å²) in [6, 6.07) is 11.9. The zero-order valence-electron chi connectivity index (χ0n) is 15.3. The van der Waals surface area contributed by atoms with E-state index in [0.29, 0.717) is 29.2 Å². The van der Waals surface area contributed by atoms with Crippen LogP contribution in [0.3, 0.4) is 0 Å². The fraction of sp³-hybridized carbons (Fsp3) is 0.227. The quantitative estimate of drug-likeness (QED) is 0.621. The molecule has 0 aromatic heterocycles. The number of halogens is 1. The Morgan fingerprint density at radius 2 is 1.64 bits per heavy atom. The van der Waals surface area contributed by atoms with Crippen molar-refractivity contribution < 1.29 is 14.4 Å². The Bertz CT molecular complexity index is 989. The SMILES string of the molecule is Cc1c(Cl)cccc1NC(=O)c1ccccc1N1C(=O)[C@H]2CC=CC[C@H]2C1=O. The van der Waals surface area contributed by atoms with Crippen LogP contribution in [0.15, 0.2) is 54.6 Å². The average Bonchev–Trinajstić information content (AvgIpc) is 2.96. The second-order valence-electron chi connectivity index (χ2n) is 7.05. The maximum absolute atomic E-state index is 13.0. The van der Waals surface area contributed by atoms with Gasteiger partial charge in [-0.1, -0.05) is 42.0 Å². The number of fused-ring (bicyclic) bond motifs is 1. The molecule has 2 aromatic rings. The molecule has 1 N–H and O–H groups in total. The van der Waals surface area contributed by atoms with E-state index < -0.39 is 5.91 Å². The summed E-state index contributed by atoms with van der Waals surface area (Å²) in [5.74, 6) is -1.56. The third-order valence-corrected chi connectivity index (χ3v) is 5.82. The van der Waals surface area contributed by atoms with Crippen LogP contribution in [0.2, 0.25) is 5.02 Å². The van der Waals surface area contributed by atoms with Crippen molar-refractivity contribution in [2.24, 2.45) is 11.8 Å². The first-order valence-electron chi connectivity index (χ1n) is 9.17. The summed E-state index contributed by atoms with van der Waals surface area (Å²) < 4.78 is 0. The summed E-state index contributed by atoms with van der Waals surface area (Å²) in [5, 5.41) is 3.39. The van der Waals surface area contributed by atoms with Crippen molar-refractivity contribution in [3.05, 3.63) is 70.8 Å².